The van der Waals surface area contributed by atoms with Crippen molar-refractivity contribution < 1.29 is 45.3 Å². The smallest absolute Gasteiger partial charge is 0.251 e. The molecule has 5 atom stereocenters. The van der Waals surface area contributed by atoms with Gasteiger partial charge in [-0.15, -0.1) is 0 Å². The molecule has 12 heteroatoms. The van der Waals surface area contributed by atoms with Crippen molar-refractivity contribution in [3.8, 4) is 0 Å². The van der Waals surface area contributed by atoms with Crippen molar-refractivity contribution in [2.75, 3.05) is 39.4 Å². The third-order valence-corrected chi connectivity index (χ3v) is 3.81. The summed E-state index contributed by atoms with van der Waals surface area (Å²) in [5.41, 5.74) is 0. The molecule has 0 aromatic carbocycles. The number of hydrogen-bond donors (Lipinski definition) is 10. The largest absolute Gasteiger partial charge is 0.396 e. The Hall–Kier alpha value is -1.38. The quantitative estimate of drug-likeness (QED) is 0.109. The Morgan fingerprint density at radius 3 is 2.00 bits per heavy atom. The minimum absolute atomic E-state index is 0.0978. The topological polar surface area (TPSA) is 212 Å². The average Bonchev–Trinajstić information content (AvgIpc) is 2.65. The Labute approximate surface area is 163 Å². The fraction of sp³-hybridized carbons (Fsp3) is 0.875. The second-order valence-electron chi connectivity index (χ2n) is 6.34. The third kappa shape index (κ3) is 12.2. The summed E-state index contributed by atoms with van der Waals surface area (Å²) in [5, 5.41) is 72.4. The molecular formula is C16H33N3O9. The molecule has 10 N–H and O–H groups in total. The van der Waals surface area contributed by atoms with Crippen molar-refractivity contribution >= 4 is 11.8 Å². The normalized spacial score (nSPS) is 16.7. The van der Waals surface area contributed by atoms with Gasteiger partial charge in [-0.1, -0.05) is 0 Å². The van der Waals surface area contributed by atoms with Crippen molar-refractivity contribution in [1.29, 1.82) is 0 Å². The summed E-state index contributed by atoms with van der Waals surface area (Å²) in [6, 6.07) is 0. The van der Waals surface area contributed by atoms with Crippen LogP contribution in [-0.2, 0) is 9.59 Å². The molecule has 0 aromatic rings. The lowest BCUT2D eigenvalue weighted by Gasteiger charge is -2.21. The molecule has 0 radical (unpaired) electrons. The summed E-state index contributed by atoms with van der Waals surface area (Å²) in [5.74, 6) is -1.27. The number of hydrogen-bond acceptors (Lipinski definition) is 10. The lowest BCUT2D eigenvalue weighted by Crippen LogP contribution is -2.48. The number of nitrogens with one attached hydrogen (secondary N) is 3. The number of aliphatic hydroxyl groups excluding tert-OH is 7. The van der Waals surface area contributed by atoms with E-state index in [-0.39, 0.29) is 32.4 Å². The summed E-state index contributed by atoms with van der Waals surface area (Å²) < 4.78 is 0. The molecule has 0 heterocycles. The van der Waals surface area contributed by atoms with Crippen LogP contribution in [0.1, 0.15) is 19.3 Å². The zero-order valence-corrected chi connectivity index (χ0v) is 15.7. The monoisotopic (exact) mass is 411 g/mol. The first-order valence-electron chi connectivity index (χ1n) is 9.10. The van der Waals surface area contributed by atoms with E-state index in [1.807, 2.05) is 0 Å². The molecule has 0 rings (SSSR count). The van der Waals surface area contributed by atoms with Gasteiger partial charge in [-0.2, -0.15) is 0 Å². The summed E-state index contributed by atoms with van der Waals surface area (Å²) >= 11 is 0. The van der Waals surface area contributed by atoms with Gasteiger partial charge in [0.25, 0.3) is 5.91 Å². The van der Waals surface area contributed by atoms with E-state index in [0.29, 0.717) is 13.1 Å². The van der Waals surface area contributed by atoms with Crippen LogP contribution < -0.4 is 16.0 Å². The van der Waals surface area contributed by atoms with Gasteiger partial charge in [0.2, 0.25) is 5.91 Å². The van der Waals surface area contributed by atoms with Crippen LogP contribution >= 0.6 is 0 Å². The molecule has 28 heavy (non-hydrogen) atoms. The average molecular weight is 411 g/mol. The van der Waals surface area contributed by atoms with Crippen LogP contribution in [0.15, 0.2) is 0 Å². The van der Waals surface area contributed by atoms with Gasteiger partial charge in [-0.3, -0.25) is 9.59 Å². The fourth-order valence-corrected chi connectivity index (χ4v) is 2.22. The number of aliphatic hydroxyl groups is 7. The lowest BCUT2D eigenvalue weighted by molar-refractivity contribution is -0.141. The minimum Gasteiger partial charge on any atom is -0.396 e. The Morgan fingerprint density at radius 1 is 0.821 bits per heavy atom. The van der Waals surface area contributed by atoms with Crippen molar-refractivity contribution in [1.82, 2.24) is 16.0 Å². The predicted octanol–water partition coefficient (Wildman–Crippen LogP) is -5.23. The maximum Gasteiger partial charge on any atom is 0.251 e. The Balaban J connectivity index is 3.78. The van der Waals surface area contributed by atoms with Crippen LogP contribution in [-0.4, -0.2) is 117 Å². The van der Waals surface area contributed by atoms with E-state index in [4.69, 9.17) is 15.3 Å². The van der Waals surface area contributed by atoms with Crippen LogP contribution in [0.3, 0.4) is 0 Å². The van der Waals surface area contributed by atoms with Crippen LogP contribution in [0, 0.1) is 0 Å². The van der Waals surface area contributed by atoms with Crippen molar-refractivity contribution in [2.24, 2.45) is 0 Å². The van der Waals surface area contributed by atoms with Gasteiger partial charge in [-0.25, -0.2) is 0 Å². The van der Waals surface area contributed by atoms with Gasteiger partial charge in [-0.05, 0) is 6.42 Å². The standard InChI is InChI=1S/C16H33N3O9/c20-6-1-12(24)14(26)15(27)16(28)19-5-3-17-2-4-18-13(25)8-10(22)7-11(23)9-21/h10-12,14-15,17,20-24,26-27H,1-9H2,(H,18,25)(H,19,28)/t10-,11+,12-,14+,15-/m1/s1. The fourth-order valence-electron chi connectivity index (χ4n) is 2.22. The Kier molecular flexibility index (Phi) is 14.8. The third-order valence-electron chi connectivity index (χ3n) is 3.81. The van der Waals surface area contributed by atoms with Crippen LogP contribution in [0.4, 0.5) is 0 Å². The van der Waals surface area contributed by atoms with Crippen LogP contribution in [0.5, 0.6) is 0 Å². The van der Waals surface area contributed by atoms with E-state index >= 15 is 0 Å². The molecule has 0 fully saturated rings. The number of carbonyl (C=O) groups is 2. The molecule has 0 aromatic heterocycles. The van der Waals surface area contributed by atoms with Gasteiger partial charge in [0, 0.05) is 39.2 Å². The second-order valence-corrected chi connectivity index (χ2v) is 6.34. The lowest BCUT2D eigenvalue weighted by atomic mass is 10.1. The summed E-state index contributed by atoms with van der Waals surface area (Å²) in [6.07, 6.45) is -7.54. The van der Waals surface area contributed by atoms with E-state index in [9.17, 15) is 30.0 Å². The molecule has 0 aliphatic rings. The molecule has 0 saturated heterocycles. The summed E-state index contributed by atoms with van der Waals surface area (Å²) in [7, 11) is 0. The highest BCUT2D eigenvalue weighted by atomic mass is 16.4. The zero-order valence-electron chi connectivity index (χ0n) is 15.7. The molecule has 0 aliphatic heterocycles. The molecule has 166 valence electrons. The van der Waals surface area contributed by atoms with Crippen molar-refractivity contribution in [2.45, 2.75) is 49.8 Å². The Morgan fingerprint density at radius 2 is 1.43 bits per heavy atom. The predicted molar refractivity (Wildman–Crippen MR) is 96.9 cm³/mol. The first-order valence-corrected chi connectivity index (χ1v) is 9.10. The van der Waals surface area contributed by atoms with E-state index in [2.05, 4.69) is 16.0 Å². The van der Waals surface area contributed by atoms with Crippen molar-refractivity contribution in [3.63, 3.8) is 0 Å². The minimum atomic E-state index is -1.82. The van der Waals surface area contributed by atoms with Gasteiger partial charge < -0.3 is 51.7 Å². The number of carbonyl (C=O) groups excluding carboxylic acids is 2. The molecule has 12 nitrogen and oxygen atoms in total. The first-order chi connectivity index (χ1) is 13.2. The van der Waals surface area contributed by atoms with E-state index in [1.165, 1.54) is 0 Å². The summed E-state index contributed by atoms with van der Waals surface area (Å²) in [4.78, 5) is 23.2. The second kappa shape index (κ2) is 15.5. The van der Waals surface area contributed by atoms with Crippen LogP contribution in [0.2, 0.25) is 0 Å². The molecule has 0 bridgehead atoms. The molecule has 2 amide bonds. The highest BCUT2D eigenvalue weighted by molar-refractivity contribution is 5.81. The maximum atomic E-state index is 11.6. The molecule has 0 spiro atoms. The summed E-state index contributed by atoms with van der Waals surface area (Å²) in [6.45, 7) is 0.197. The maximum absolute atomic E-state index is 11.6. The molecule has 0 unspecified atom stereocenters. The van der Waals surface area contributed by atoms with Crippen LogP contribution in [0.25, 0.3) is 0 Å². The van der Waals surface area contributed by atoms with E-state index in [1.54, 1.807) is 0 Å². The SMILES string of the molecule is O=C(C[C@H](O)C[C@H](O)CO)NCCNCCNC(=O)[C@H](O)[C@@H](O)[C@H](O)CCO. The first kappa shape index (κ1) is 26.6. The van der Waals surface area contributed by atoms with Crippen molar-refractivity contribution in [3.05, 3.63) is 0 Å². The number of amides is 2. The van der Waals surface area contributed by atoms with E-state index in [0.717, 1.165) is 0 Å². The number of rotatable bonds is 16. The highest BCUT2D eigenvalue weighted by Gasteiger charge is 2.29. The van der Waals surface area contributed by atoms with Gasteiger partial charge in [0.05, 0.1) is 31.3 Å². The molecule has 0 saturated carbocycles. The highest BCUT2D eigenvalue weighted by Crippen LogP contribution is 2.04. The zero-order chi connectivity index (χ0) is 21.5. The molecule has 0 aliphatic carbocycles. The van der Waals surface area contributed by atoms with E-state index < -0.39 is 55.5 Å². The van der Waals surface area contributed by atoms with Gasteiger partial charge >= 0.3 is 0 Å². The molecular weight excluding hydrogens is 378 g/mol. The van der Waals surface area contributed by atoms with Gasteiger partial charge in [0.15, 0.2) is 6.10 Å². The van der Waals surface area contributed by atoms with Gasteiger partial charge in [0.1, 0.15) is 6.10 Å². The Bertz CT molecular complexity index is 442.